The number of hydrogen-bond acceptors (Lipinski definition) is 3. The minimum Gasteiger partial charge on any atom is -0.305 e. The van der Waals surface area contributed by atoms with Crippen molar-refractivity contribution < 1.29 is 4.39 Å². The number of nitrogens with zero attached hydrogens (tertiary/aromatic N) is 1. The first-order chi connectivity index (χ1) is 7.81. The molecule has 2 nitrogen and oxygen atoms in total. The molecule has 1 unspecified atom stereocenters. The minimum atomic E-state index is -0.211. The van der Waals surface area contributed by atoms with Crippen molar-refractivity contribution in [1.82, 2.24) is 10.3 Å². The molecule has 1 N–H and O–H groups in total. The van der Waals surface area contributed by atoms with Gasteiger partial charge < -0.3 is 5.32 Å². The van der Waals surface area contributed by atoms with Gasteiger partial charge in [-0.05, 0) is 24.2 Å². The van der Waals surface area contributed by atoms with Gasteiger partial charge in [0, 0.05) is 5.38 Å². The zero-order valence-corrected chi connectivity index (χ0v) is 9.80. The second kappa shape index (κ2) is 5.18. The van der Waals surface area contributed by atoms with Crippen molar-refractivity contribution in [3.63, 3.8) is 0 Å². The molecule has 1 heterocycles. The number of benzene rings is 1. The quantitative estimate of drug-likeness (QED) is 0.882. The van der Waals surface area contributed by atoms with Gasteiger partial charge in [-0.15, -0.1) is 11.3 Å². The molecule has 0 aliphatic rings. The highest BCUT2D eigenvalue weighted by atomic mass is 32.1. The van der Waals surface area contributed by atoms with E-state index in [1.165, 1.54) is 12.1 Å². The Labute approximate surface area is 98.2 Å². The summed E-state index contributed by atoms with van der Waals surface area (Å²) in [5.74, 6) is -0.211. The molecule has 0 bridgehead atoms. The zero-order valence-electron chi connectivity index (χ0n) is 8.98. The Kier molecular flexibility index (Phi) is 3.64. The van der Waals surface area contributed by atoms with Gasteiger partial charge in [-0.1, -0.05) is 19.1 Å². The molecule has 1 aromatic carbocycles. The Morgan fingerprint density at radius 3 is 2.69 bits per heavy atom. The van der Waals surface area contributed by atoms with Gasteiger partial charge in [0.05, 0.1) is 17.2 Å². The van der Waals surface area contributed by atoms with E-state index in [2.05, 4.69) is 10.3 Å². The average Bonchev–Trinajstić information content (AvgIpc) is 2.81. The highest BCUT2D eigenvalue weighted by molar-refractivity contribution is 7.07. The lowest BCUT2D eigenvalue weighted by molar-refractivity contribution is 0.607. The van der Waals surface area contributed by atoms with E-state index in [4.69, 9.17) is 0 Å². The lowest BCUT2D eigenvalue weighted by atomic mass is 10.0. The highest BCUT2D eigenvalue weighted by Crippen LogP contribution is 2.21. The third-order valence-electron chi connectivity index (χ3n) is 2.36. The lowest BCUT2D eigenvalue weighted by Gasteiger charge is -2.16. The monoisotopic (exact) mass is 236 g/mol. The normalized spacial score (nSPS) is 12.6. The number of rotatable bonds is 4. The van der Waals surface area contributed by atoms with Gasteiger partial charge in [0.25, 0.3) is 0 Å². The first-order valence-electron chi connectivity index (χ1n) is 5.18. The second-order valence-corrected chi connectivity index (χ2v) is 4.17. The SMILES string of the molecule is CCNC(c1ccc(F)cc1)c1cscn1. The van der Waals surface area contributed by atoms with Gasteiger partial charge in [-0.3, -0.25) is 0 Å². The summed E-state index contributed by atoms with van der Waals surface area (Å²) in [6.45, 7) is 2.89. The maximum Gasteiger partial charge on any atom is 0.123 e. The predicted octanol–water partition coefficient (Wildman–Crippen LogP) is 2.98. The fourth-order valence-corrected chi connectivity index (χ4v) is 2.20. The summed E-state index contributed by atoms with van der Waals surface area (Å²) in [5, 5.41) is 5.35. The Morgan fingerprint density at radius 2 is 2.12 bits per heavy atom. The van der Waals surface area contributed by atoms with Crippen molar-refractivity contribution in [2.75, 3.05) is 6.54 Å². The van der Waals surface area contributed by atoms with Crippen LogP contribution in [0.2, 0.25) is 0 Å². The van der Waals surface area contributed by atoms with Gasteiger partial charge >= 0.3 is 0 Å². The summed E-state index contributed by atoms with van der Waals surface area (Å²) in [6, 6.07) is 6.60. The zero-order chi connectivity index (χ0) is 11.4. The molecule has 0 aliphatic heterocycles. The second-order valence-electron chi connectivity index (χ2n) is 3.46. The van der Waals surface area contributed by atoms with E-state index < -0.39 is 0 Å². The predicted molar refractivity (Wildman–Crippen MR) is 64.0 cm³/mol. The molecule has 0 saturated carbocycles. The van der Waals surface area contributed by atoms with Gasteiger partial charge in [0.15, 0.2) is 0 Å². The van der Waals surface area contributed by atoms with Crippen molar-refractivity contribution in [3.05, 3.63) is 52.2 Å². The van der Waals surface area contributed by atoms with Crippen molar-refractivity contribution >= 4 is 11.3 Å². The smallest absolute Gasteiger partial charge is 0.123 e. The van der Waals surface area contributed by atoms with Crippen molar-refractivity contribution in [2.45, 2.75) is 13.0 Å². The maximum absolute atomic E-state index is 12.8. The molecule has 0 aliphatic carbocycles. The van der Waals surface area contributed by atoms with Crippen molar-refractivity contribution in [1.29, 1.82) is 0 Å². The lowest BCUT2D eigenvalue weighted by Crippen LogP contribution is -2.22. The third-order valence-corrected chi connectivity index (χ3v) is 2.96. The van der Waals surface area contributed by atoms with Crippen LogP contribution in [0.25, 0.3) is 0 Å². The third kappa shape index (κ3) is 2.46. The molecule has 0 fully saturated rings. The van der Waals surface area contributed by atoms with Crippen LogP contribution in [0.5, 0.6) is 0 Å². The molecule has 0 radical (unpaired) electrons. The van der Waals surface area contributed by atoms with E-state index in [0.29, 0.717) is 0 Å². The molecule has 84 valence electrons. The number of nitrogens with one attached hydrogen (secondary N) is 1. The van der Waals surface area contributed by atoms with E-state index in [9.17, 15) is 4.39 Å². The number of aromatic nitrogens is 1. The summed E-state index contributed by atoms with van der Waals surface area (Å²) >= 11 is 1.57. The summed E-state index contributed by atoms with van der Waals surface area (Å²) in [4.78, 5) is 4.30. The number of hydrogen-bond donors (Lipinski definition) is 1. The van der Waals surface area contributed by atoms with E-state index in [1.807, 2.05) is 17.8 Å². The van der Waals surface area contributed by atoms with Crippen LogP contribution in [0.4, 0.5) is 4.39 Å². The molecular weight excluding hydrogens is 223 g/mol. The van der Waals surface area contributed by atoms with Gasteiger partial charge in [0.1, 0.15) is 5.82 Å². The molecule has 0 amide bonds. The Hall–Kier alpha value is -1.26. The first kappa shape index (κ1) is 11.2. The fourth-order valence-electron chi connectivity index (χ4n) is 1.62. The van der Waals surface area contributed by atoms with E-state index in [0.717, 1.165) is 17.8 Å². The summed E-state index contributed by atoms with van der Waals surface area (Å²) in [6.07, 6.45) is 0. The minimum absolute atomic E-state index is 0.0526. The summed E-state index contributed by atoms with van der Waals surface area (Å²) in [5.41, 5.74) is 3.83. The molecular formula is C12H13FN2S. The van der Waals surface area contributed by atoms with Crippen molar-refractivity contribution in [3.8, 4) is 0 Å². The number of halogens is 1. The molecule has 0 saturated heterocycles. The molecule has 2 rings (SSSR count). The van der Waals surface area contributed by atoms with Crippen LogP contribution >= 0.6 is 11.3 Å². The molecule has 16 heavy (non-hydrogen) atoms. The van der Waals surface area contributed by atoms with Crippen LogP contribution in [-0.2, 0) is 0 Å². The van der Waals surface area contributed by atoms with Crippen LogP contribution in [0.1, 0.15) is 24.2 Å². The van der Waals surface area contributed by atoms with Gasteiger partial charge in [-0.2, -0.15) is 0 Å². The Morgan fingerprint density at radius 1 is 1.38 bits per heavy atom. The van der Waals surface area contributed by atoms with Crippen LogP contribution in [0.3, 0.4) is 0 Å². The van der Waals surface area contributed by atoms with Crippen LogP contribution in [0.15, 0.2) is 35.2 Å². The molecule has 0 spiro atoms. The summed E-state index contributed by atoms with van der Waals surface area (Å²) < 4.78 is 12.8. The van der Waals surface area contributed by atoms with E-state index >= 15 is 0 Å². The molecule has 2 aromatic rings. The molecule has 4 heteroatoms. The molecule has 1 atom stereocenters. The standard InChI is InChI=1S/C12H13FN2S/c1-2-14-12(11-7-16-8-15-11)9-3-5-10(13)6-4-9/h3-8,12,14H,2H2,1H3. The fraction of sp³-hybridized carbons (Fsp3) is 0.250. The Bertz CT molecular complexity index is 425. The average molecular weight is 236 g/mol. The molecule has 1 aromatic heterocycles. The number of thiazole rings is 1. The highest BCUT2D eigenvalue weighted by Gasteiger charge is 2.14. The first-order valence-corrected chi connectivity index (χ1v) is 6.12. The van der Waals surface area contributed by atoms with E-state index in [-0.39, 0.29) is 11.9 Å². The van der Waals surface area contributed by atoms with Crippen molar-refractivity contribution in [2.24, 2.45) is 0 Å². The van der Waals surface area contributed by atoms with Gasteiger partial charge in [-0.25, -0.2) is 9.37 Å². The summed E-state index contributed by atoms with van der Waals surface area (Å²) in [7, 11) is 0. The largest absolute Gasteiger partial charge is 0.305 e. The van der Waals surface area contributed by atoms with Crippen LogP contribution in [0, 0.1) is 5.82 Å². The topological polar surface area (TPSA) is 24.9 Å². The van der Waals surface area contributed by atoms with Crippen LogP contribution in [-0.4, -0.2) is 11.5 Å². The van der Waals surface area contributed by atoms with Gasteiger partial charge in [0.2, 0.25) is 0 Å². The van der Waals surface area contributed by atoms with E-state index in [1.54, 1.807) is 23.5 Å². The Balaban J connectivity index is 2.29. The van der Waals surface area contributed by atoms with Crippen LogP contribution < -0.4 is 5.32 Å². The maximum atomic E-state index is 12.8.